The molecule has 0 aromatic heterocycles. The zero-order chi connectivity index (χ0) is 33.6. The molecule has 5 aliphatic carbocycles. The average molecular weight is 630 g/mol. The number of nitrogens with one attached hydrogen (secondary N) is 1. The van der Waals surface area contributed by atoms with Crippen LogP contribution < -0.4 is 5.32 Å². The Morgan fingerprint density at radius 3 is 2.15 bits per heavy atom. The van der Waals surface area contributed by atoms with Crippen molar-refractivity contribution in [3.05, 3.63) is 53.6 Å². The summed E-state index contributed by atoms with van der Waals surface area (Å²) in [4.78, 5) is 37.3. The fourth-order valence-corrected chi connectivity index (χ4v) is 12.8. The lowest BCUT2D eigenvalue weighted by molar-refractivity contribution is -0.225. The monoisotopic (exact) mass is 629 g/mol. The summed E-state index contributed by atoms with van der Waals surface area (Å²) in [6.07, 6.45) is 11.7. The third-order valence-corrected chi connectivity index (χ3v) is 15.3. The molecular formula is C40H55NO5. The van der Waals surface area contributed by atoms with Crippen LogP contribution in [0.2, 0.25) is 0 Å². The first kappa shape index (κ1) is 33.0. The Hall–Kier alpha value is -2.89. The number of carbonyl (C=O) groups is 3. The van der Waals surface area contributed by atoms with Crippen LogP contribution in [0.15, 0.2) is 42.5 Å². The largest absolute Gasteiger partial charge is 0.480 e. The summed E-state index contributed by atoms with van der Waals surface area (Å²) >= 11 is 0. The van der Waals surface area contributed by atoms with E-state index in [1.165, 1.54) is 17.6 Å². The summed E-state index contributed by atoms with van der Waals surface area (Å²) in [6, 6.07) is 6.54. The molecule has 6 nitrogen and oxygen atoms in total. The molecule has 4 fully saturated rings. The molecule has 250 valence electrons. The van der Waals surface area contributed by atoms with Gasteiger partial charge in [-0.3, -0.25) is 9.59 Å². The van der Waals surface area contributed by atoms with Crippen LogP contribution in [-0.2, 0) is 9.59 Å². The van der Waals surface area contributed by atoms with Gasteiger partial charge in [0.25, 0.3) is 0 Å². The molecule has 4 saturated carbocycles. The SMILES string of the molecule is C=C(C)[C@@H]1CC[C@]2(C(=O)N[C@@H](C)C(=O)O)CC[C@]3(C)[C@H](CC[C@@H]4[C@@]5(C)CC=C(c6ccc(C(=O)O)cc6)C(C)(C)[C@@H]5CC[C@]43C)[C@@H]12. The number of rotatable bonds is 6. The minimum absolute atomic E-state index is 0.0477. The Balaban J connectivity index is 1.35. The van der Waals surface area contributed by atoms with Crippen LogP contribution in [0.3, 0.4) is 0 Å². The van der Waals surface area contributed by atoms with Crippen LogP contribution in [0.1, 0.15) is 122 Å². The molecule has 6 heteroatoms. The molecule has 0 bridgehead atoms. The Kier molecular flexibility index (Phi) is 7.77. The third kappa shape index (κ3) is 4.44. The highest BCUT2D eigenvalue weighted by Crippen LogP contribution is 2.77. The molecule has 6 rings (SSSR count). The minimum atomic E-state index is -0.987. The number of amides is 1. The van der Waals surface area contributed by atoms with Crippen LogP contribution in [0.4, 0.5) is 0 Å². The van der Waals surface area contributed by atoms with Gasteiger partial charge in [-0.2, -0.15) is 0 Å². The van der Waals surface area contributed by atoms with Crippen molar-refractivity contribution in [2.45, 2.75) is 112 Å². The van der Waals surface area contributed by atoms with Gasteiger partial charge in [0.2, 0.25) is 5.91 Å². The molecule has 0 aliphatic heterocycles. The maximum Gasteiger partial charge on any atom is 0.335 e. The quantitative estimate of drug-likeness (QED) is 0.273. The van der Waals surface area contributed by atoms with Gasteiger partial charge in [-0.05, 0) is 146 Å². The fourth-order valence-electron chi connectivity index (χ4n) is 12.8. The van der Waals surface area contributed by atoms with Gasteiger partial charge in [0.1, 0.15) is 6.04 Å². The van der Waals surface area contributed by atoms with Crippen molar-refractivity contribution in [1.82, 2.24) is 5.32 Å². The summed E-state index contributed by atoms with van der Waals surface area (Å²) in [5, 5.41) is 22.0. The van der Waals surface area contributed by atoms with Crippen molar-refractivity contribution in [2.75, 3.05) is 0 Å². The molecule has 3 N–H and O–H groups in total. The lowest BCUT2D eigenvalue weighted by Gasteiger charge is -2.72. The summed E-state index contributed by atoms with van der Waals surface area (Å²) in [6.45, 7) is 20.7. The fraction of sp³-hybridized carbons (Fsp3) is 0.675. The summed E-state index contributed by atoms with van der Waals surface area (Å²) < 4.78 is 0. The Morgan fingerprint density at radius 1 is 0.870 bits per heavy atom. The maximum atomic E-state index is 14.1. The predicted molar refractivity (Wildman–Crippen MR) is 181 cm³/mol. The van der Waals surface area contributed by atoms with E-state index in [0.29, 0.717) is 23.3 Å². The van der Waals surface area contributed by atoms with E-state index in [1.807, 2.05) is 12.1 Å². The lowest BCUT2D eigenvalue weighted by atomic mass is 9.32. The number of hydrogen-bond acceptors (Lipinski definition) is 3. The highest BCUT2D eigenvalue weighted by Gasteiger charge is 2.71. The van der Waals surface area contributed by atoms with Crippen molar-refractivity contribution in [3.63, 3.8) is 0 Å². The summed E-state index contributed by atoms with van der Waals surface area (Å²) in [5.41, 5.74) is 3.74. The van der Waals surface area contributed by atoms with Crippen molar-refractivity contribution in [3.8, 4) is 0 Å². The number of carboxylic acids is 2. The van der Waals surface area contributed by atoms with Crippen LogP contribution in [-0.4, -0.2) is 34.1 Å². The third-order valence-electron chi connectivity index (χ3n) is 15.3. The molecular weight excluding hydrogens is 574 g/mol. The van der Waals surface area contributed by atoms with E-state index in [9.17, 15) is 24.6 Å². The maximum absolute atomic E-state index is 14.1. The Labute approximate surface area is 275 Å². The minimum Gasteiger partial charge on any atom is -0.480 e. The zero-order valence-corrected chi connectivity index (χ0v) is 29.0. The van der Waals surface area contributed by atoms with Gasteiger partial charge in [-0.15, -0.1) is 0 Å². The molecule has 46 heavy (non-hydrogen) atoms. The lowest BCUT2D eigenvalue weighted by Crippen LogP contribution is -2.66. The molecule has 1 amide bonds. The van der Waals surface area contributed by atoms with Gasteiger partial charge in [0.05, 0.1) is 11.0 Å². The molecule has 0 saturated heterocycles. The molecule has 0 radical (unpaired) electrons. The number of hydrogen-bond donors (Lipinski definition) is 3. The molecule has 5 aliphatic rings. The number of carbonyl (C=O) groups excluding carboxylic acids is 1. The van der Waals surface area contributed by atoms with Gasteiger partial charge >= 0.3 is 11.9 Å². The van der Waals surface area contributed by atoms with E-state index in [4.69, 9.17) is 0 Å². The van der Waals surface area contributed by atoms with Crippen molar-refractivity contribution < 1.29 is 24.6 Å². The van der Waals surface area contributed by atoms with E-state index in [0.717, 1.165) is 56.9 Å². The second kappa shape index (κ2) is 10.8. The zero-order valence-electron chi connectivity index (χ0n) is 29.0. The molecule has 0 heterocycles. The van der Waals surface area contributed by atoms with Gasteiger partial charge in [0.15, 0.2) is 0 Å². The van der Waals surface area contributed by atoms with E-state index in [2.05, 4.69) is 59.5 Å². The number of aromatic carboxylic acids is 1. The molecule has 10 atom stereocenters. The van der Waals surface area contributed by atoms with Crippen molar-refractivity contribution >= 4 is 23.4 Å². The Morgan fingerprint density at radius 2 is 1.54 bits per heavy atom. The molecule has 0 unspecified atom stereocenters. The normalized spacial score (nSPS) is 41.5. The predicted octanol–water partition coefficient (Wildman–Crippen LogP) is 8.63. The smallest absolute Gasteiger partial charge is 0.335 e. The first-order valence-electron chi connectivity index (χ1n) is 17.7. The highest BCUT2D eigenvalue weighted by atomic mass is 16.4. The van der Waals surface area contributed by atoms with Gasteiger partial charge in [0, 0.05) is 0 Å². The van der Waals surface area contributed by atoms with Crippen molar-refractivity contribution in [2.24, 2.45) is 56.7 Å². The second-order valence-corrected chi connectivity index (χ2v) is 17.3. The van der Waals surface area contributed by atoms with Gasteiger partial charge in [-0.25, -0.2) is 4.79 Å². The second-order valence-electron chi connectivity index (χ2n) is 17.3. The molecule has 1 aromatic carbocycles. The van der Waals surface area contributed by atoms with Crippen LogP contribution >= 0.6 is 0 Å². The van der Waals surface area contributed by atoms with Gasteiger partial charge < -0.3 is 15.5 Å². The van der Waals surface area contributed by atoms with Gasteiger partial charge in [-0.1, -0.05) is 65.0 Å². The summed E-state index contributed by atoms with van der Waals surface area (Å²) in [7, 11) is 0. The molecule has 0 spiro atoms. The highest BCUT2D eigenvalue weighted by molar-refractivity contribution is 5.89. The molecule has 1 aromatic rings. The number of aliphatic carboxylic acids is 1. The topological polar surface area (TPSA) is 104 Å². The van der Waals surface area contributed by atoms with E-state index in [-0.39, 0.29) is 39.4 Å². The van der Waals surface area contributed by atoms with Crippen molar-refractivity contribution in [1.29, 1.82) is 0 Å². The number of benzene rings is 1. The first-order chi connectivity index (χ1) is 21.4. The van der Waals surface area contributed by atoms with E-state index >= 15 is 0 Å². The van der Waals surface area contributed by atoms with E-state index in [1.54, 1.807) is 19.1 Å². The summed E-state index contributed by atoms with van der Waals surface area (Å²) in [5.74, 6) is 0.0128. The first-order valence-corrected chi connectivity index (χ1v) is 17.7. The van der Waals surface area contributed by atoms with Crippen LogP contribution in [0.25, 0.3) is 5.57 Å². The number of fused-ring (bicyclic) bond motifs is 7. The average Bonchev–Trinajstić information content (AvgIpc) is 3.39. The standard InChI is InChI=1S/C40H55NO5/c1-23(2)27-15-20-40(35(46)41-24(3)33(42)43)22-21-38(7)29(32(27)40)13-14-31-37(6)18-16-28(25-9-11-26(12-10-25)34(44)45)36(4,5)30(37)17-19-39(31,38)8/h9-12,16,24,27,29-32H,1,13-15,17-22H2,2-8H3,(H,41,46)(H,42,43)(H,44,45)/t24-,27-,29+,30-,31+,32+,37-,38+,39+,40-/m0/s1. The number of carboxylic acid groups (broad SMARTS) is 2. The van der Waals surface area contributed by atoms with Crippen LogP contribution in [0.5, 0.6) is 0 Å². The van der Waals surface area contributed by atoms with E-state index < -0.39 is 23.4 Å². The Bertz CT molecular complexity index is 1490. The number of allylic oxidation sites excluding steroid dienone is 3. The van der Waals surface area contributed by atoms with Crippen LogP contribution in [0, 0.1) is 56.7 Å².